The summed E-state index contributed by atoms with van der Waals surface area (Å²) in [7, 11) is 0. The van der Waals surface area contributed by atoms with E-state index in [1.54, 1.807) is 6.07 Å². The molecule has 1 heterocycles. The van der Waals surface area contributed by atoms with Gasteiger partial charge in [0.05, 0.1) is 0 Å². The van der Waals surface area contributed by atoms with Crippen LogP contribution in [-0.2, 0) is 6.61 Å². The molecule has 0 aliphatic rings. The molecule has 0 fully saturated rings. The number of carbonyl (C=O) groups is 1. The molecule has 1 aromatic heterocycles. The molecule has 106 valence electrons. The van der Waals surface area contributed by atoms with Crippen molar-refractivity contribution < 1.29 is 14.6 Å². The number of hydrogen-bond donors (Lipinski definition) is 1. The minimum absolute atomic E-state index is 0.351. The highest BCUT2D eigenvalue weighted by Crippen LogP contribution is 2.28. The van der Waals surface area contributed by atoms with Crippen LogP contribution in [0.25, 0.3) is 0 Å². The third-order valence-electron chi connectivity index (χ3n) is 3.04. The third-order valence-corrected chi connectivity index (χ3v) is 5.37. The smallest absolute Gasteiger partial charge is 0.345 e. The van der Waals surface area contributed by atoms with Crippen LogP contribution in [-0.4, -0.2) is 11.1 Å². The Bertz CT molecular complexity index is 638. The van der Waals surface area contributed by atoms with Gasteiger partial charge < -0.3 is 9.84 Å². The summed E-state index contributed by atoms with van der Waals surface area (Å²) in [5.41, 5.74) is 3.16. The highest BCUT2D eigenvalue weighted by atomic mass is 79.9. The van der Waals surface area contributed by atoms with E-state index in [0.717, 1.165) is 31.8 Å². The van der Waals surface area contributed by atoms with Crippen LogP contribution in [0.5, 0.6) is 5.75 Å². The van der Waals surface area contributed by atoms with Gasteiger partial charge in [0.1, 0.15) is 17.2 Å². The van der Waals surface area contributed by atoms with E-state index in [4.69, 9.17) is 9.84 Å². The van der Waals surface area contributed by atoms with Gasteiger partial charge >= 0.3 is 5.97 Å². The molecular weight excluding hydrogens is 340 g/mol. The summed E-state index contributed by atoms with van der Waals surface area (Å²) >= 11 is 4.80. The number of thiophene rings is 1. The second kappa shape index (κ2) is 5.97. The first-order valence-corrected chi connectivity index (χ1v) is 7.71. The first kappa shape index (κ1) is 15.1. The zero-order valence-corrected chi connectivity index (χ0v) is 13.9. The van der Waals surface area contributed by atoms with E-state index in [9.17, 15) is 4.79 Å². The molecule has 0 amide bonds. The van der Waals surface area contributed by atoms with Gasteiger partial charge in [-0.05, 0) is 50.1 Å². The van der Waals surface area contributed by atoms with Crippen molar-refractivity contribution in [2.45, 2.75) is 27.4 Å². The summed E-state index contributed by atoms with van der Waals surface area (Å²) < 4.78 is 6.86. The van der Waals surface area contributed by atoms with Crippen LogP contribution < -0.4 is 4.74 Å². The van der Waals surface area contributed by atoms with Crippen LogP contribution in [0.1, 0.15) is 31.2 Å². The highest BCUT2D eigenvalue weighted by Gasteiger charge is 2.12. The average molecular weight is 355 g/mol. The molecule has 0 bridgehead atoms. The van der Waals surface area contributed by atoms with Gasteiger partial charge in [0.15, 0.2) is 0 Å². The van der Waals surface area contributed by atoms with Crippen molar-refractivity contribution in [1.29, 1.82) is 0 Å². The summed E-state index contributed by atoms with van der Waals surface area (Å²) in [5, 5.41) is 8.98. The number of benzene rings is 1. The van der Waals surface area contributed by atoms with E-state index >= 15 is 0 Å². The number of ether oxygens (including phenoxy) is 1. The topological polar surface area (TPSA) is 46.5 Å². The van der Waals surface area contributed by atoms with Crippen molar-refractivity contribution in [3.8, 4) is 5.75 Å². The van der Waals surface area contributed by atoms with Gasteiger partial charge in [-0.2, -0.15) is 0 Å². The van der Waals surface area contributed by atoms with Gasteiger partial charge in [-0.1, -0.05) is 15.9 Å². The van der Waals surface area contributed by atoms with Crippen molar-refractivity contribution in [1.82, 2.24) is 0 Å². The molecule has 5 heteroatoms. The van der Waals surface area contributed by atoms with Crippen molar-refractivity contribution in [2.75, 3.05) is 0 Å². The maximum absolute atomic E-state index is 10.9. The normalized spacial score (nSPS) is 10.6. The summed E-state index contributed by atoms with van der Waals surface area (Å²) in [6, 6.07) is 5.62. The maximum Gasteiger partial charge on any atom is 0.345 e. The van der Waals surface area contributed by atoms with Crippen LogP contribution >= 0.6 is 27.3 Å². The Morgan fingerprint density at radius 2 is 1.85 bits per heavy atom. The van der Waals surface area contributed by atoms with Crippen molar-refractivity contribution in [3.63, 3.8) is 0 Å². The molecule has 0 aliphatic carbocycles. The number of rotatable bonds is 4. The Morgan fingerprint density at radius 1 is 1.25 bits per heavy atom. The average Bonchev–Trinajstić information content (AvgIpc) is 2.75. The summed E-state index contributed by atoms with van der Waals surface area (Å²) in [6.07, 6.45) is 0. The monoisotopic (exact) mass is 354 g/mol. The van der Waals surface area contributed by atoms with Crippen LogP contribution in [0.4, 0.5) is 0 Å². The van der Waals surface area contributed by atoms with E-state index in [0.29, 0.717) is 11.5 Å². The zero-order chi connectivity index (χ0) is 14.9. The molecular formula is C15H15BrO3S. The van der Waals surface area contributed by atoms with E-state index in [1.807, 2.05) is 32.9 Å². The van der Waals surface area contributed by atoms with Gasteiger partial charge in [-0.15, -0.1) is 11.3 Å². The van der Waals surface area contributed by atoms with Crippen LogP contribution in [0.15, 0.2) is 22.7 Å². The predicted molar refractivity (Wildman–Crippen MR) is 84.0 cm³/mol. The van der Waals surface area contributed by atoms with E-state index < -0.39 is 5.97 Å². The molecule has 3 nitrogen and oxygen atoms in total. The molecule has 0 spiro atoms. The zero-order valence-electron chi connectivity index (χ0n) is 11.5. The first-order chi connectivity index (χ1) is 9.38. The molecule has 0 saturated carbocycles. The molecule has 20 heavy (non-hydrogen) atoms. The fraction of sp³-hybridized carbons (Fsp3) is 0.267. The van der Waals surface area contributed by atoms with Gasteiger partial charge in [0.25, 0.3) is 0 Å². The van der Waals surface area contributed by atoms with Gasteiger partial charge in [-0.25, -0.2) is 4.79 Å². The SMILES string of the molecule is Cc1cc(OCc2cc(C(=O)O)sc2C)cc(C)c1Br. The van der Waals surface area contributed by atoms with Crippen molar-refractivity contribution in [2.24, 2.45) is 0 Å². The Labute approximate surface area is 130 Å². The molecule has 0 atom stereocenters. The standard InChI is InChI=1S/C15H15BrO3S/c1-8-4-12(5-9(2)14(8)16)19-7-11-6-13(15(17)18)20-10(11)3/h4-6H,7H2,1-3H3,(H,17,18). The summed E-state index contributed by atoms with van der Waals surface area (Å²) in [6.45, 7) is 6.33. The van der Waals surface area contributed by atoms with Gasteiger partial charge in [-0.3, -0.25) is 0 Å². The molecule has 1 aromatic carbocycles. The molecule has 2 rings (SSSR count). The lowest BCUT2D eigenvalue weighted by atomic mass is 10.1. The quantitative estimate of drug-likeness (QED) is 0.864. The van der Waals surface area contributed by atoms with Crippen LogP contribution in [0.3, 0.4) is 0 Å². The third kappa shape index (κ3) is 3.22. The summed E-state index contributed by atoms with van der Waals surface area (Å²) in [4.78, 5) is 12.3. The van der Waals surface area contributed by atoms with Crippen molar-refractivity contribution in [3.05, 3.63) is 49.1 Å². The maximum atomic E-state index is 10.9. The first-order valence-electron chi connectivity index (χ1n) is 6.10. The Morgan fingerprint density at radius 3 is 2.35 bits per heavy atom. The second-order valence-corrected chi connectivity index (χ2v) is 6.71. The van der Waals surface area contributed by atoms with Crippen LogP contribution in [0, 0.1) is 20.8 Å². The number of aryl methyl sites for hydroxylation is 3. The van der Waals surface area contributed by atoms with Crippen LogP contribution in [0.2, 0.25) is 0 Å². The number of hydrogen-bond acceptors (Lipinski definition) is 3. The number of aromatic carboxylic acids is 1. The fourth-order valence-electron chi connectivity index (χ4n) is 1.92. The Kier molecular flexibility index (Phi) is 4.50. The molecule has 0 saturated heterocycles. The summed E-state index contributed by atoms with van der Waals surface area (Å²) in [5.74, 6) is -0.0923. The Balaban J connectivity index is 2.15. The fourth-order valence-corrected chi connectivity index (χ4v) is 3.02. The van der Waals surface area contributed by atoms with E-state index in [1.165, 1.54) is 11.3 Å². The minimum Gasteiger partial charge on any atom is -0.489 e. The lowest BCUT2D eigenvalue weighted by Crippen LogP contribution is -1.97. The highest BCUT2D eigenvalue weighted by molar-refractivity contribution is 9.10. The minimum atomic E-state index is -0.889. The second-order valence-electron chi connectivity index (χ2n) is 4.66. The molecule has 0 radical (unpaired) electrons. The van der Waals surface area contributed by atoms with E-state index in [-0.39, 0.29) is 0 Å². The molecule has 1 N–H and O–H groups in total. The predicted octanol–water partition coefficient (Wildman–Crippen LogP) is 4.71. The van der Waals surface area contributed by atoms with Gasteiger partial charge in [0.2, 0.25) is 0 Å². The number of halogens is 1. The van der Waals surface area contributed by atoms with Crippen molar-refractivity contribution >= 4 is 33.2 Å². The number of carboxylic acid groups (broad SMARTS) is 1. The number of carboxylic acids is 1. The lowest BCUT2D eigenvalue weighted by Gasteiger charge is -2.10. The Hall–Kier alpha value is -1.33. The molecule has 0 aliphatic heterocycles. The lowest BCUT2D eigenvalue weighted by molar-refractivity contribution is 0.0702. The molecule has 2 aromatic rings. The van der Waals surface area contributed by atoms with Gasteiger partial charge in [0, 0.05) is 14.9 Å². The largest absolute Gasteiger partial charge is 0.489 e. The molecule has 0 unspecified atom stereocenters. The van der Waals surface area contributed by atoms with E-state index in [2.05, 4.69) is 15.9 Å².